The van der Waals surface area contributed by atoms with Crippen LogP contribution in [0, 0.1) is 10.8 Å². The van der Waals surface area contributed by atoms with Crippen LogP contribution in [0.5, 0.6) is 0 Å². The number of hydrogen-bond acceptors (Lipinski definition) is 3. The Morgan fingerprint density at radius 3 is 2.50 bits per heavy atom. The number of hydrogen-bond donors (Lipinski definition) is 1. The summed E-state index contributed by atoms with van der Waals surface area (Å²) in [7, 11) is 1.41. The van der Waals surface area contributed by atoms with Gasteiger partial charge in [0, 0.05) is 0 Å². The molecule has 4 rings (SSSR count). The first-order valence-corrected chi connectivity index (χ1v) is 6.47. The van der Waals surface area contributed by atoms with E-state index in [4.69, 9.17) is 10.5 Å². The maximum absolute atomic E-state index is 11.5. The minimum atomic E-state index is -0.430. The van der Waals surface area contributed by atoms with Crippen LogP contribution < -0.4 is 5.73 Å². The summed E-state index contributed by atoms with van der Waals surface area (Å²) in [6, 6.07) is 10.1. The maximum Gasteiger partial charge on any atom is 0.323 e. The van der Waals surface area contributed by atoms with Crippen molar-refractivity contribution in [3.63, 3.8) is 0 Å². The minimum absolute atomic E-state index is 0.0435. The second kappa shape index (κ2) is 3.82. The summed E-state index contributed by atoms with van der Waals surface area (Å²) in [5.41, 5.74) is 7.82. The number of rotatable bonds is 4. The lowest BCUT2D eigenvalue weighted by atomic mass is 9.32. The molecule has 2 bridgehead atoms. The van der Waals surface area contributed by atoms with Gasteiger partial charge in [0.05, 0.1) is 7.11 Å². The fourth-order valence-corrected chi connectivity index (χ4v) is 4.01. The van der Waals surface area contributed by atoms with Gasteiger partial charge in [-0.2, -0.15) is 0 Å². The number of methoxy groups -OCH3 is 1. The van der Waals surface area contributed by atoms with Crippen LogP contribution in [0.1, 0.15) is 24.8 Å². The second-order valence-electron chi connectivity index (χ2n) is 6.06. The molecule has 0 spiro atoms. The second-order valence-corrected chi connectivity index (χ2v) is 6.06. The van der Waals surface area contributed by atoms with Gasteiger partial charge in [0.2, 0.25) is 0 Å². The fourth-order valence-electron chi connectivity index (χ4n) is 4.01. The molecule has 1 aromatic rings. The van der Waals surface area contributed by atoms with Crippen molar-refractivity contribution >= 4 is 5.97 Å². The van der Waals surface area contributed by atoms with E-state index < -0.39 is 6.04 Å². The summed E-state index contributed by atoms with van der Waals surface area (Å²) < 4.78 is 4.75. The maximum atomic E-state index is 11.5. The summed E-state index contributed by atoms with van der Waals surface area (Å²) >= 11 is 0. The Kier molecular flexibility index (Phi) is 2.49. The molecule has 0 aromatic heterocycles. The van der Waals surface area contributed by atoms with E-state index in [1.54, 1.807) is 0 Å². The van der Waals surface area contributed by atoms with Crippen molar-refractivity contribution in [3.05, 3.63) is 35.9 Å². The lowest BCUT2D eigenvalue weighted by Gasteiger charge is -2.72. The Bertz CT molecular complexity index is 449. The van der Waals surface area contributed by atoms with Gasteiger partial charge in [-0.05, 0) is 42.1 Å². The van der Waals surface area contributed by atoms with Gasteiger partial charge in [0.25, 0.3) is 0 Å². The van der Waals surface area contributed by atoms with Gasteiger partial charge in [0.15, 0.2) is 0 Å². The third-order valence-electron chi connectivity index (χ3n) is 4.72. The monoisotopic (exact) mass is 245 g/mol. The highest BCUT2D eigenvalue weighted by Crippen LogP contribution is 2.75. The van der Waals surface area contributed by atoms with Crippen LogP contribution in [0.15, 0.2) is 30.3 Å². The van der Waals surface area contributed by atoms with Gasteiger partial charge < -0.3 is 10.5 Å². The van der Waals surface area contributed by atoms with Crippen LogP contribution in [0.25, 0.3) is 0 Å². The first kappa shape index (κ1) is 11.7. The third-order valence-corrected chi connectivity index (χ3v) is 4.72. The number of carbonyl (C=O) groups is 1. The molecule has 0 heterocycles. The Labute approximate surface area is 107 Å². The predicted molar refractivity (Wildman–Crippen MR) is 68.9 cm³/mol. The molecule has 3 nitrogen and oxygen atoms in total. The molecule has 18 heavy (non-hydrogen) atoms. The van der Waals surface area contributed by atoms with E-state index in [-0.39, 0.29) is 11.4 Å². The van der Waals surface area contributed by atoms with E-state index in [9.17, 15) is 4.79 Å². The van der Waals surface area contributed by atoms with Crippen LogP contribution >= 0.6 is 0 Å². The fraction of sp³-hybridized carbons (Fsp3) is 0.533. The molecule has 3 aliphatic rings. The molecule has 1 unspecified atom stereocenters. The first-order valence-electron chi connectivity index (χ1n) is 6.47. The molecule has 0 saturated heterocycles. The smallest absolute Gasteiger partial charge is 0.323 e. The summed E-state index contributed by atoms with van der Waals surface area (Å²) in [4.78, 5) is 11.5. The molecule has 3 saturated carbocycles. The third kappa shape index (κ3) is 1.57. The molecule has 0 aliphatic heterocycles. The predicted octanol–water partition coefficient (Wildman–Crippen LogP) is 1.90. The van der Waals surface area contributed by atoms with Crippen molar-refractivity contribution in [2.24, 2.45) is 16.6 Å². The largest absolute Gasteiger partial charge is 0.468 e. The van der Waals surface area contributed by atoms with Crippen molar-refractivity contribution in [3.8, 4) is 0 Å². The molecule has 3 fully saturated rings. The first-order chi connectivity index (χ1) is 8.59. The molecule has 0 amide bonds. The van der Waals surface area contributed by atoms with Crippen LogP contribution in [0.3, 0.4) is 0 Å². The lowest BCUT2D eigenvalue weighted by Crippen LogP contribution is -2.71. The highest BCUT2D eigenvalue weighted by atomic mass is 16.5. The standard InChI is InChI=1S/C15H19NO2/c1-18-13(17)12(16)15-8-14(9-15,10-15)7-11-5-3-2-4-6-11/h2-6,12H,7-10,16H2,1H3. The van der Waals surface area contributed by atoms with Crippen LogP contribution in [-0.2, 0) is 16.0 Å². The van der Waals surface area contributed by atoms with Gasteiger partial charge in [-0.3, -0.25) is 4.79 Å². The molecule has 1 aromatic carbocycles. The Hall–Kier alpha value is -1.35. The molecule has 0 radical (unpaired) electrons. The number of ether oxygens (including phenoxy) is 1. The molecule has 3 aliphatic carbocycles. The number of nitrogens with two attached hydrogens (primary N) is 1. The van der Waals surface area contributed by atoms with Crippen molar-refractivity contribution in [1.29, 1.82) is 0 Å². The average molecular weight is 245 g/mol. The number of esters is 1. The Morgan fingerprint density at radius 1 is 1.33 bits per heavy atom. The summed E-state index contributed by atoms with van der Waals surface area (Å²) in [6.45, 7) is 0. The summed E-state index contributed by atoms with van der Waals surface area (Å²) in [5.74, 6) is -0.261. The average Bonchev–Trinajstić information content (AvgIpc) is 2.31. The quantitative estimate of drug-likeness (QED) is 0.824. The van der Waals surface area contributed by atoms with Crippen LogP contribution in [0.2, 0.25) is 0 Å². The zero-order chi connectivity index (χ0) is 12.8. The van der Waals surface area contributed by atoms with E-state index in [2.05, 4.69) is 24.3 Å². The Balaban J connectivity index is 1.61. The zero-order valence-corrected chi connectivity index (χ0v) is 10.7. The molecule has 3 heteroatoms. The number of carbonyl (C=O) groups excluding carboxylic acids is 1. The molecular formula is C15H19NO2. The van der Waals surface area contributed by atoms with Gasteiger partial charge in [-0.25, -0.2) is 0 Å². The highest BCUT2D eigenvalue weighted by molar-refractivity contribution is 5.77. The summed E-state index contributed by atoms with van der Waals surface area (Å²) in [5, 5.41) is 0. The molecule has 2 N–H and O–H groups in total. The molecule has 96 valence electrons. The molecular weight excluding hydrogens is 226 g/mol. The van der Waals surface area contributed by atoms with Gasteiger partial charge in [0.1, 0.15) is 6.04 Å². The van der Waals surface area contributed by atoms with E-state index in [0.717, 1.165) is 25.7 Å². The van der Waals surface area contributed by atoms with E-state index in [1.165, 1.54) is 12.7 Å². The SMILES string of the molecule is COC(=O)C(N)C12CC(Cc3ccccc3)(C1)C2. The van der Waals surface area contributed by atoms with Crippen molar-refractivity contribution in [2.45, 2.75) is 31.7 Å². The Morgan fingerprint density at radius 2 is 1.94 bits per heavy atom. The van der Waals surface area contributed by atoms with E-state index >= 15 is 0 Å². The van der Waals surface area contributed by atoms with Crippen molar-refractivity contribution in [2.75, 3.05) is 7.11 Å². The van der Waals surface area contributed by atoms with Gasteiger partial charge >= 0.3 is 5.97 Å². The topological polar surface area (TPSA) is 52.3 Å². The van der Waals surface area contributed by atoms with Gasteiger partial charge in [-0.15, -0.1) is 0 Å². The number of benzene rings is 1. The summed E-state index contributed by atoms with van der Waals surface area (Å²) in [6.07, 6.45) is 4.34. The molecule has 1 atom stereocenters. The minimum Gasteiger partial charge on any atom is -0.468 e. The van der Waals surface area contributed by atoms with Crippen molar-refractivity contribution < 1.29 is 9.53 Å². The van der Waals surface area contributed by atoms with E-state index in [1.807, 2.05) is 6.07 Å². The normalized spacial score (nSPS) is 34.1. The highest BCUT2D eigenvalue weighted by Gasteiger charge is 2.70. The lowest BCUT2D eigenvalue weighted by molar-refractivity contribution is -0.220. The van der Waals surface area contributed by atoms with Crippen molar-refractivity contribution in [1.82, 2.24) is 0 Å². The van der Waals surface area contributed by atoms with Crippen LogP contribution in [0.4, 0.5) is 0 Å². The van der Waals surface area contributed by atoms with E-state index in [0.29, 0.717) is 5.41 Å². The van der Waals surface area contributed by atoms with Gasteiger partial charge in [-0.1, -0.05) is 30.3 Å². The zero-order valence-electron chi connectivity index (χ0n) is 10.7. The van der Waals surface area contributed by atoms with Crippen LogP contribution in [-0.4, -0.2) is 19.1 Å².